The van der Waals surface area contributed by atoms with Crippen molar-refractivity contribution in [2.75, 3.05) is 32.2 Å². The Kier molecular flexibility index (Phi) is 18.2. The summed E-state index contributed by atoms with van der Waals surface area (Å²) in [7, 11) is -0.706. The molecule has 2 atom stereocenters. The zero-order valence-corrected chi connectivity index (χ0v) is 30.2. The van der Waals surface area contributed by atoms with Crippen LogP contribution in [0.5, 0.6) is 0 Å². The molecule has 0 saturated carbocycles. The van der Waals surface area contributed by atoms with E-state index in [2.05, 4.69) is 93.5 Å². The van der Waals surface area contributed by atoms with Gasteiger partial charge in [0.25, 0.3) is 0 Å². The number of carbonyl (C=O) groups is 4. The molecule has 254 valence electrons. The van der Waals surface area contributed by atoms with E-state index in [1.165, 1.54) is 23.0 Å². The highest BCUT2D eigenvalue weighted by atomic mass is 79.9. The molecule has 12 heteroatoms. The van der Waals surface area contributed by atoms with Gasteiger partial charge in [-0.2, -0.15) is 0 Å². The van der Waals surface area contributed by atoms with E-state index in [0.29, 0.717) is 5.75 Å². The summed E-state index contributed by atoms with van der Waals surface area (Å²) in [6.07, 6.45) is 2.74. The van der Waals surface area contributed by atoms with E-state index >= 15 is 0 Å². The maximum atomic E-state index is 13.0. The number of nitrogens with one attached hydrogen (secondary N) is 2. The Morgan fingerprint density at radius 1 is 0.894 bits per heavy atom. The highest BCUT2D eigenvalue weighted by Gasteiger charge is 2.44. The molecule has 4 N–H and O–H groups in total. The van der Waals surface area contributed by atoms with E-state index in [1.54, 1.807) is 6.92 Å². The molecule has 0 aromatic heterocycles. The van der Waals surface area contributed by atoms with Gasteiger partial charge in [-0.05, 0) is 62.6 Å². The summed E-state index contributed by atoms with van der Waals surface area (Å²) in [6.45, 7) is 1.59. The second-order valence-electron chi connectivity index (χ2n) is 10.5. The van der Waals surface area contributed by atoms with Crippen molar-refractivity contribution in [1.29, 1.82) is 0 Å². The van der Waals surface area contributed by atoms with Crippen LogP contribution in [0.1, 0.15) is 32.6 Å². The largest absolute Gasteiger partial charge is 1.00 e. The molecule has 0 aliphatic heterocycles. The number of ether oxygens (including phenoxy) is 2. The molecule has 0 saturated heterocycles. The molecule has 3 aromatic rings. The van der Waals surface area contributed by atoms with E-state index < -0.39 is 43.1 Å². The topological polar surface area (TPSA) is 137 Å². The minimum atomic E-state index is -1.94. The van der Waals surface area contributed by atoms with Crippen molar-refractivity contribution in [1.82, 2.24) is 10.6 Å². The van der Waals surface area contributed by atoms with E-state index in [9.17, 15) is 19.2 Å². The number of esters is 2. The molecule has 2 amide bonds. The Hall–Kier alpha value is -3.37. The van der Waals surface area contributed by atoms with Crippen LogP contribution in [0.3, 0.4) is 0 Å². The highest BCUT2D eigenvalue weighted by molar-refractivity contribution is 7.97. The summed E-state index contributed by atoms with van der Waals surface area (Å²) in [5.41, 5.74) is 5.76. The predicted octanol–water partition coefficient (Wildman–Crippen LogP) is -0.523. The van der Waals surface area contributed by atoms with E-state index in [1.807, 2.05) is 18.2 Å². The van der Waals surface area contributed by atoms with Gasteiger partial charge in [0.1, 0.15) is 41.8 Å². The quantitative estimate of drug-likeness (QED) is 0.0453. The lowest BCUT2D eigenvalue weighted by Gasteiger charge is -2.27. The van der Waals surface area contributed by atoms with Crippen LogP contribution in [0.4, 0.5) is 0 Å². The SMILES string of the molecule is CCOC(=O)CNC(=O)C(C[SH]=CCCC[P+](c1ccccc1)(c1ccccc1)c1ccccc1)NC(=O)CCC(N)C(=O)OC.[Br-]. The lowest BCUT2D eigenvalue weighted by molar-refractivity contribution is -0.143. The molecule has 0 bridgehead atoms. The van der Waals surface area contributed by atoms with Crippen molar-refractivity contribution in [3.05, 3.63) is 91.0 Å². The summed E-state index contributed by atoms with van der Waals surface area (Å²) in [5, 5.41) is 11.4. The molecular formula is C35H45BrN3O6PS. The number of hydrogen-bond acceptors (Lipinski definition) is 7. The fraction of sp³-hybridized carbons (Fsp3) is 0.343. The Labute approximate surface area is 292 Å². The first-order chi connectivity index (χ1) is 22.3. The lowest BCUT2D eigenvalue weighted by atomic mass is 10.1. The van der Waals surface area contributed by atoms with Gasteiger partial charge in [0, 0.05) is 12.2 Å². The van der Waals surface area contributed by atoms with E-state index in [0.717, 1.165) is 30.4 Å². The minimum Gasteiger partial charge on any atom is -1.00 e. The van der Waals surface area contributed by atoms with Gasteiger partial charge in [0.15, 0.2) is 0 Å². The molecule has 0 heterocycles. The zero-order chi connectivity index (χ0) is 33.2. The monoisotopic (exact) mass is 745 g/mol. The molecular weight excluding hydrogens is 701 g/mol. The first kappa shape index (κ1) is 39.8. The number of hydrogen-bond donors (Lipinski definition) is 4. The van der Waals surface area contributed by atoms with Crippen LogP contribution in [0.2, 0.25) is 0 Å². The number of amides is 2. The third kappa shape index (κ3) is 12.3. The molecule has 0 radical (unpaired) electrons. The van der Waals surface area contributed by atoms with Crippen LogP contribution in [0, 0.1) is 0 Å². The van der Waals surface area contributed by atoms with Crippen LogP contribution in [0.25, 0.3) is 0 Å². The third-order valence-electron chi connectivity index (χ3n) is 7.39. The summed E-state index contributed by atoms with van der Waals surface area (Å²) in [6, 6.07) is 30.3. The first-order valence-electron chi connectivity index (χ1n) is 15.4. The molecule has 3 aromatic carbocycles. The van der Waals surface area contributed by atoms with Crippen LogP contribution >= 0.6 is 18.6 Å². The number of carbonyl (C=O) groups excluding carboxylic acids is 4. The number of benzene rings is 3. The van der Waals surface area contributed by atoms with Crippen molar-refractivity contribution in [3.8, 4) is 0 Å². The maximum Gasteiger partial charge on any atom is 0.325 e. The lowest BCUT2D eigenvalue weighted by Crippen LogP contribution is -3.00. The third-order valence-corrected chi connectivity index (χ3v) is 13.0. The fourth-order valence-electron chi connectivity index (χ4n) is 5.08. The van der Waals surface area contributed by atoms with Gasteiger partial charge in [-0.25, -0.2) is 11.4 Å². The van der Waals surface area contributed by atoms with Gasteiger partial charge >= 0.3 is 11.9 Å². The van der Waals surface area contributed by atoms with E-state index in [4.69, 9.17) is 10.5 Å². The van der Waals surface area contributed by atoms with Gasteiger partial charge in [-0.15, -0.1) is 0 Å². The van der Waals surface area contributed by atoms with Crippen molar-refractivity contribution < 1.29 is 45.6 Å². The normalized spacial score (nSPS) is 12.5. The molecule has 47 heavy (non-hydrogen) atoms. The van der Waals surface area contributed by atoms with Crippen LogP contribution < -0.4 is 49.3 Å². The van der Waals surface area contributed by atoms with Crippen LogP contribution in [-0.4, -0.2) is 73.4 Å². The Morgan fingerprint density at radius 3 is 1.91 bits per heavy atom. The Bertz CT molecular complexity index is 1340. The van der Waals surface area contributed by atoms with Crippen molar-refractivity contribution in [3.63, 3.8) is 0 Å². The predicted molar refractivity (Wildman–Crippen MR) is 190 cm³/mol. The molecule has 0 aliphatic carbocycles. The van der Waals surface area contributed by atoms with Crippen molar-refractivity contribution in [2.45, 2.75) is 44.7 Å². The number of methoxy groups -OCH3 is 1. The summed E-state index contributed by atoms with van der Waals surface area (Å²) in [4.78, 5) is 49.0. The maximum absolute atomic E-state index is 13.0. The average Bonchev–Trinajstić information content (AvgIpc) is 3.09. The summed E-state index contributed by atoms with van der Waals surface area (Å²) < 4.78 is 9.51. The van der Waals surface area contributed by atoms with Gasteiger partial charge in [0.05, 0.1) is 19.9 Å². The molecule has 0 aliphatic rings. The summed E-state index contributed by atoms with van der Waals surface area (Å²) in [5.74, 6) is -1.76. The Morgan fingerprint density at radius 2 is 1.43 bits per heavy atom. The summed E-state index contributed by atoms with van der Waals surface area (Å²) >= 11 is 0.866. The standard InChI is InChI=1S/C35H44N3O6PS.BrH/c1-3-44-33(40)25-37-34(41)31(38-32(39)22-21-30(36)35(42)43-2)26-46-24-14-13-23-45(27-15-7-4-8-16-27,28-17-9-5-10-18-28)29-19-11-6-12-20-29;/h4-12,15-20,24,30-31,46H,3,13-14,21-23,25-26,36H2,1-2H3,(H-,37,38,39,41);1H. The number of nitrogens with two attached hydrogens (primary N) is 1. The molecule has 0 fully saturated rings. The van der Waals surface area contributed by atoms with Crippen LogP contribution in [-0.2, 0) is 28.7 Å². The fourth-order valence-corrected chi connectivity index (χ4v) is 10.4. The molecule has 2 unspecified atom stereocenters. The Balaban J connectivity index is 0.00000768. The van der Waals surface area contributed by atoms with Crippen molar-refractivity contribution in [2.24, 2.45) is 5.73 Å². The van der Waals surface area contributed by atoms with Gasteiger partial charge < -0.3 is 42.8 Å². The van der Waals surface area contributed by atoms with Gasteiger partial charge in [0.2, 0.25) is 11.8 Å². The van der Waals surface area contributed by atoms with Gasteiger partial charge in [-0.3, -0.25) is 19.2 Å². The van der Waals surface area contributed by atoms with Crippen LogP contribution in [0.15, 0.2) is 91.0 Å². The molecule has 3 rings (SSSR count). The number of unbranched alkanes of at least 4 members (excludes halogenated alkanes) is 1. The second-order valence-corrected chi connectivity index (χ2v) is 15.3. The minimum absolute atomic E-state index is 0. The van der Waals surface area contributed by atoms with Crippen molar-refractivity contribution >= 4 is 63.6 Å². The number of thiol groups is 1. The molecule has 9 nitrogen and oxygen atoms in total. The van der Waals surface area contributed by atoms with Gasteiger partial charge in [-0.1, -0.05) is 60.0 Å². The molecule has 0 spiro atoms. The average molecular weight is 747 g/mol. The smallest absolute Gasteiger partial charge is 0.325 e. The number of rotatable bonds is 18. The second kappa shape index (κ2) is 21.5. The zero-order valence-electron chi connectivity index (χ0n) is 26.8. The highest BCUT2D eigenvalue weighted by Crippen LogP contribution is 2.55. The van der Waals surface area contributed by atoms with E-state index in [-0.39, 0.29) is 43.0 Å². The number of halogens is 1. The first-order valence-corrected chi connectivity index (χ1v) is 18.5.